The third-order valence-electron chi connectivity index (χ3n) is 3.51. The second-order valence-corrected chi connectivity index (χ2v) is 5.80. The second-order valence-electron chi connectivity index (χ2n) is 5.80. The molecule has 0 aliphatic heterocycles. The Morgan fingerprint density at radius 2 is 1.10 bits per heavy atom. The molecule has 0 spiro atoms. The summed E-state index contributed by atoms with van der Waals surface area (Å²) in [6.45, 7) is -0.734. The van der Waals surface area contributed by atoms with Crippen LogP contribution in [-0.2, 0) is 32.3 Å². The molecule has 0 saturated heterocycles. The molecule has 2 aromatic rings. The molecule has 0 unspecified atom stereocenters. The SMILES string of the molecule is O=C(CNC(=O)OCc1ccccc1)NCC(=O)NC(=O)OCc1ccccc1. The summed E-state index contributed by atoms with van der Waals surface area (Å²) in [6.07, 6.45) is -1.69. The molecule has 3 N–H and O–H groups in total. The van der Waals surface area contributed by atoms with E-state index in [2.05, 4.69) is 10.6 Å². The molecule has 0 bridgehead atoms. The average molecular weight is 399 g/mol. The first-order chi connectivity index (χ1) is 14.0. The second kappa shape index (κ2) is 11.8. The molecule has 4 amide bonds. The Kier molecular flexibility index (Phi) is 8.68. The van der Waals surface area contributed by atoms with Crippen molar-refractivity contribution in [2.75, 3.05) is 13.1 Å². The lowest BCUT2D eigenvalue weighted by atomic mass is 10.2. The number of rotatable bonds is 8. The molecule has 0 heterocycles. The van der Waals surface area contributed by atoms with E-state index in [1.54, 1.807) is 36.4 Å². The Hall–Kier alpha value is -3.88. The number of ether oxygens (including phenoxy) is 2. The molecule has 9 heteroatoms. The number of benzene rings is 2. The quantitative estimate of drug-likeness (QED) is 0.618. The van der Waals surface area contributed by atoms with E-state index in [1.165, 1.54) is 0 Å². The number of hydrogen-bond acceptors (Lipinski definition) is 6. The van der Waals surface area contributed by atoms with Crippen LogP contribution >= 0.6 is 0 Å². The van der Waals surface area contributed by atoms with Gasteiger partial charge in [0.05, 0.1) is 6.54 Å². The van der Waals surface area contributed by atoms with Gasteiger partial charge in [-0.25, -0.2) is 9.59 Å². The van der Waals surface area contributed by atoms with Crippen molar-refractivity contribution in [1.29, 1.82) is 0 Å². The van der Waals surface area contributed by atoms with Crippen molar-refractivity contribution >= 4 is 24.0 Å². The summed E-state index contributed by atoms with van der Waals surface area (Å²) in [5.41, 5.74) is 1.58. The molecular weight excluding hydrogens is 378 g/mol. The number of carbonyl (C=O) groups excluding carboxylic acids is 4. The van der Waals surface area contributed by atoms with E-state index in [-0.39, 0.29) is 19.8 Å². The first-order valence-electron chi connectivity index (χ1n) is 8.74. The smallest absolute Gasteiger partial charge is 0.414 e. The van der Waals surface area contributed by atoms with Crippen LogP contribution in [0, 0.1) is 0 Å². The van der Waals surface area contributed by atoms with Gasteiger partial charge in [0.15, 0.2) is 0 Å². The van der Waals surface area contributed by atoms with Gasteiger partial charge in [0.2, 0.25) is 11.8 Å². The van der Waals surface area contributed by atoms with E-state index in [9.17, 15) is 19.2 Å². The highest BCUT2D eigenvalue weighted by Gasteiger charge is 2.11. The maximum Gasteiger partial charge on any atom is 0.414 e. The van der Waals surface area contributed by atoms with Crippen molar-refractivity contribution in [1.82, 2.24) is 16.0 Å². The largest absolute Gasteiger partial charge is 0.445 e. The van der Waals surface area contributed by atoms with E-state index in [0.717, 1.165) is 11.1 Å². The molecule has 0 fully saturated rings. The van der Waals surface area contributed by atoms with Crippen LogP contribution in [0.25, 0.3) is 0 Å². The van der Waals surface area contributed by atoms with Gasteiger partial charge in [-0.1, -0.05) is 60.7 Å². The fourth-order valence-corrected chi connectivity index (χ4v) is 2.09. The number of hydrogen-bond donors (Lipinski definition) is 3. The number of alkyl carbamates (subject to hydrolysis) is 2. The molecule has 0 aliphatic carbocycles. The number of imide groups is 1. The van der Waals surface area contributed by atoms with Crippen LogP contribution in [-0.4, -0.2) is 37.1 Å². The monoisotopic (exact) mass is 399 g/mol. The Labute approximate surface area is 167 Å². The fourth-order valence-electron chi connectivity index (χ4n) is 2.09. The van der Waals surface area contributed by atoms with Gasteiger partial charge >= 0.3 is 12.2 Å². The maximum absolute atomic E-state index is 11.6. The molecule has 29 heavy (non-hydrogen) atoms. The van der Waals surface area contributed by atoms with E-state index in [4.69, 9.17) is 9.47 Å². The Bertz CT molecular complexity index is 827. The minimum absolute atomic E-state index is 0.0152. The molecule has 0 atom stereocenters. The molecule has 0 radical (unpaired) electrons. The van der Waals surface area contributed by atoms with Gasteiger partial charge in [-0.15, -0.1) is 0 Å². The van der Waals surface area contributed by atoms with Crippen molar-refractivity contribution in [2.45, 2.75) is 13.2 Å². The molecule has 0 aliphatic rings. The first kappa shape index (κ1) is 21.4. The summed E-state index contributed by atoms with van der Waals surface area (Å²) in [7, 11) is 0. The molecule has 2 rings (SSSR count). The van der Waals surface area contributed by atoms with Crippen LogP contribution in [0.3, 0.4) is 0 Å². The van der Waals surface area contributed by atoms with Crippen LogP contribution in [0.5, 0.6) is 0 Å². The van der Waals surface area contributed by atoms with Gasteiger partial charge in [0, 0.05) is 0 Å². The van der Waals surface area contributed by atoms with Crippen LogP contribution < -0.4 is 16.0 Å². The summed E-state index contributed by atoms with van der Waals surface area (Å²) < 4.78 is 9.84. The van der Waals surface area contributed by atoms with Crippen molar-refractivity contribution in [3.8, 4) is 0 Å². The zero-order valence-corrected chi connectivity index (χ0v) is 15.6. The third kappa shape index (κ3) is 9.05. The summed E-state index contributed by atoms with van der Waals surface area (Å²) in [5, 5.41) is 6.50. The molecule has 152 valence electrons. The Morgan fingerprint density at radius 3 is 1.66 bits per heavy atom. The van der Waals surface area contributed by atoms with Gasteiger partial charge in [0.25, 0.3) is 0 Å². The predicted octanol–water partition coefficient (Wildman–Crippen LogP) is 1.48. The van der Waals surface area contributed by atoms with Crippen LogP contribution in [0.2, 0.25) is 0 Å². The van der Waals surface area contributed by atoms with Crippen LogP contribution in [0.15, 0.2) is 60.7 Å². The Balaban J connectivity index is 1.56. The van der Waals surface area contributed by atoms with E-state index in [1.807, 2.05) is 29.6 Å². The molecule has 0 saturated carbocycles. The summed E-state index contributed by atoms with van der Waals surface area (Å²) in [6, 6.07) is 18.0. The fraction of sp³-hybridized carbons (Fsp3) is 0.200. The lowest BCUT2D eigenvalue weighted by molar-refractivity contribution is -0.125. The number of nitrogens with one attached hydrogen (secondary N) is 3. The van der Waals surface area contributed by atoms with Gasteiger partial charge < -0.3 is 20.1 Å². The maximum atomic E-state index is 11.6. The average Bonchev–Trinajstić information content (AvgIpc) is 2.75. The molecule has 0 aromatic heterocycles. The standard InChI is InChI=1S/C20H21N3O6/c24-17(11-22-19(26)28-13-15-7-3-1-4-8-15)21-12-18(25)23-20(27)29-14-16-9-5-2-6-10-16/h1-10H,11-14H2,(H,21,24)(H,22,26)(H,23,25,27). The Morgan fingerprint density at radius 1 is 0.621 bits per heavy atom. The lowest BCUT2D eigenvalue weighted by Crippen LogP contribution is -2.43. The van der Waals surface area contributed by atoms with Gasteiger partial charge in [-0.05, 0) is 11.1 Å². The minimum atomic E-state index is -0.921. The molecule has 9 nitrogen and oxygen atoms in total. The van der Waals surface area contributed by atoms with Crippen molar-refractivity contribution in [3.05, 3.63) is 71.8 Å². The van der Waals surface area contributed by atoms with E-state index < -0.39 is 30.5 Å². The predicted molar refractivity (Wildman–Crippen MR) is 102 cm³/mol. The number of amides is 4. The lowest BCUT2D eigenvalue weighted by Gasteiger charge is -2.09. The highest BCUT2D eigenvalue weighted by atomic mass is 16.6. The van der Waals surface area contributed by atoms with E-state index >= 15 is 0 Å². The summed E-state index contributed by atoms with van der Waals surface area (Å²) >= 11 is 0. The van der Waals surface area contributed by atoms with Gasteiger partial charge in [0.1, 0.15) is 19.8 Å². The molecular formula is C20H21N3O6. The zero-order valence-electron chi connectivity index (χ0n) is 15.6. The summed E-state index contributed by atoms with van der Waals surface area (Å²) in [5.74, 6) is -1.36. The van der Waals surface area contributed by atoms with Crippen molar-refractivity contribution < 1.29 is 28.7 Å². The topological polar surface area (TPSA) is 123 Å². The minimum Gasteiger partial charge on any atom is -0.445 e. The van der Waals surface area contributed by atoms with E-state index in [0.29, 0.717) is 0 Å². The first-order valence-corrected chi connectivity index (χ1v) is 8.74. The van der Waals surface area contributed by atoms with Crippen molar-refractivity contribution in [3.63, 3.8) is 0 Å². The summed E-state index contributed by atoms with van der Waals surface area (Å²) in [4.78, 5) is 46.3. The zero-order chi connectivity index (χ0) is 20.9. The highest BCUT2D eigenvalue weighted by molar-refractivity contribution is 5.95. The normalized spacial score (nSPS) is 9.79. The van der Waals surface area contributed by atoms with Crippen molar-refractivity contribution in [2.24, 2.45) is 0 Å². The van der Waals surface area contributed by atoms with Crippen LogP contribution in [0.1, 0.15) is 11.1 Å². The van der Waals surface area contributed by atoms with Gasteiger partial charge in [-0.3, -0.25) is 14.9 Å². The number of carbonyl (C=O) groups is 4. The highest BCUT2D eigenvalue weighted by Crippen LogP contribution is 2.01. The molecule has 2 aromatic carbocycles. The van der Waals surface area contributed by atoms with Gasteiger partial charge in [-0.2, -0.15) is 0 Å². The third-order valence-corrected chi connectivity index (χ3v) is 3.51. The van der Waals surface area contributed by atoms with Crippen LogP contribution in [0.4, 0.5) is 9.59 Å².